The molecule has 0 spiro atoms. The van der Waals surface area contributed by atoms with Crippen LogP contribution in [-0.4, -0.2) is 43.7 Å². The first-order valence-corrected chi connectivity index (χ1v) is 7.08. The SMILES string of the molecule is CCCNCc1ccc(OCCCN(C)C)nc1C. The van der Waals surface area contributed by atoms with Crippen molar-refractivity contribution in [3.63, 3.8) is 0 Å². The summed E-state index contributed by atoms with van der Waals surface area (Å²) in [5.74, 6) is 0.732. The first-order chi connectivity index (χ1) is 9.13. The third-order valence-electron chi connectivity index (χ3n) is 2.91. The molecule has 0 atom stereocenters. The van der Waals surface area contributed by atoms with E-state index in [2.05, 4.69) is 42.3 Å². The lowest BCUT2D eigenvalue weighted by Crippen LogP contribution is -2.16. The van der Waals surface area contributed by atoms with E-state index in [9.17, 15) is 0 Å². The van der Waals surface area contributed by atoms with Crippen LogP contribution in [0.1, 0.15) is 31.0 Å². The number of nitrogens with zero attached hydrogens (tertiary/aromatic N) is 2. The summed E-state index contributed by atoms with van der Waals surface area (Å²) in [6.07, 6.45) is 2.17. The molecule has 0 aromatic carbocycles. The molecule has 0 amide bonds. The quantitative estimate of drug-likeness (QED) is 0.695. The highest BCUT2D eigenvalue weighted by molar-refractivity contribution is 5.24. The molecule has 0 radical (unpaired) electrons. The van der Waals surface area contributed by atoms with Crippen LogP contribution in [0.25, 0.3) is 0 Å². The smallest absolute Gasteiger partial charge is 0.213 e. The predicted molar refractivity (Wildman–Crippen MR) is 79.6 cm³/mol. The summed E-state index contributed by atoms with van der Waals surface area (Å²) in [6, 6.07) is 4.07. The van der Waals surface area contributed by atoms with E-state index in [1.165, 1.54) is 5.56 Å². The van der Waals surface area contributed by atoms with Crippen molar-refractivity contribution in [1.82, 2.24) is 15.2 Å². The van der Waals surface area contributed by atoms with Gasteiger partial charge in [0, 0.05) is 24.8 Å². The first-order valence-electron chi connectivity index (χ1n) is 7.08. The highest BCUT2D eigenvalue weighted by Gasteiger charge is 2.02. The van der Waals surface area contributed by atoms with Crippen LogP contribution in [0.15, 0.2) is 12.1 Å². The molecule has 0 unspecified atom stereocenters. The van der Waals surface area contributed by atoms with Gasteiger partial charge in [0.25, 0.3) is 0 Å². The molecule has 0 fully saturated rings. The molecule has 0 aliphatic heterocycles. The van der Waals surface area contributed by atoms with Gasteiger partial charge in [0.15, 0.2) is 0 Å². The van der Waals surface area contributed by atoms with E-state index in [0.717, 1.165) is 50.7 Å². The third-order valence-corrected chi connectivity index (χ3v) is 2.91. The van der Waals surface area contributed by atoms with Gasteiger partial charge in [-0.1, -0.05) is 13.0 Å². The average Bonchev–Trinajstić information content (AvgIpc) is 2.37. The van der Waals surface area contributed by atoms with E-state index in [0.29, 0.717) is 0 Å². The lowest BCUT2D eigenvalue weighted by Gasteiger charge is -2.11. The Morgan fingerprint density at radius 1 is 1.32 bits per heavy atom. The number of aromatic nitrogens is 1. The third kappa shape index (κ3) is 6.55. The molecule has 4 heteroatoms. The number of aryl methyl sites for hydroxylation is 1. The zero-order chi connectivity index (χ0) is 14.1. The molecule has 1 heterocycles. The van der Waals surface area contributed by atoms with Crippen LogP contribution in [-0.2, 0) is 6.54 Å². The summed E-state index contributed by atoms with van der Waals surface area (Å²) < 4.78 is 5.66. The monoisotopic (exact) mass is 265 g/mol. The second-order valence-corrected chi connectivity index (χ2v) is 5.08. The molecule has 108 valence electrons. The number of hydrogen-bond acceptors (Lipinski definition) is 4. The molecule has 1 N–H and O–H groups in total. The summed E-state index contributed by atoms with van der Waals surface area (Å²) in [5.41, 5.74) is 2.29. The summed E-state index contributed by atoms with van der Waals surface area (Å²) >= 11 is 0. The molecular formula is C15H27N3O. The van der Waals surface area contributed by atoms with Crippen LogP contribution < -0.4 is 10.1 Å². The Morgan fingerprint density at radius 2 is 2.11 bits per heavy atom. The lowest BCUT2D eigenvalue weighted by molar-refractivity contribution is 0.272. The molecule has 19 heavy (non-hydrogen) atoms. The van der Waals surface area contributed by atoms with Gasteiger partial charge in [-0.3, -0.25) is 0 Å². The fourth-order valence-corrected chi connectivity index (χ4v) is 1.79. The summed E-state index contributed by atoms with van der Waals surface area (Å²) in [7, 11) is 4.14. The largest absolute Gasteiger partial charge is 0.478 e. The molecule has 0 saturated carbocycles. The summed E-state index contributed by atoms with van der Waals surface area (Å²) in [6.45, 7) is 7.89. The van der Waals surface area contributed by atoms with Crippen molar-refractivity contribution in [2.24, 2.45) is 0 Å². The summed E-state index contributed by atoms with van der Waals surface area (Å²) in [5, 5.41) is 3.39. The Hall–Kier alpha value is -1.13. The van der Waals surface area contributed by atoms with Crippen LogP contribution in [0.2, 0.25) is 0 Å². The van der Waals surface area contributed by atoms with Crippen LogP contribution in [0.5, 0.6) is 5.88 Å². The Bertz CT molecular complexity index is 366. The molecule has 1 rings (SSSR count). The Morgan fingerprint density at radius 3 is 2.74 bits per heavy atom. The van der Waals surface area contributed by atoms with Gasteiger partial charge in [-0.25, -0.2) is 4.98 Å². The van der Waals surface area contributed by atoms with Gasteiger partial charge in [0.1, 0.15) is 0 Å². The van der Waals surface area contributed by atoms with Crippen molar-refractivity contribution in [3.8, 4) is 5.88 Å². The Labute approximate surface area is 117 Å². The maximum Gasteiger partial charge on any atom is 0.213 e. The van der Waals surface area contributed by atoms with Crippen molar-refractivity contribution in [1.29, 1.82) is 0 Å². The fourth-order valence-electron chi connectivity index (χ4n) is 1.79. The van der Waals surface area contributed by atoms with Gasteiger partial charge in [-0.05, 0) is 46.0 Å². The molecule has 4 nitrogen and oxygen atoms in total. The molecule has 1 aromatic rings. The minimum absolute atomic E-state index is 0.720. The second kappa shape index (κ2) is 8.88. The van der Waals surface area contributed by atoms with Crippen LogP contribution in [0.4, 0.5) is 0 Å². The Kier molecular flexibility index (Phi) is 7.45. The molecule has 0 bridgehead atoms. The fraction of sp³-hybridized carbons (Fsp3) is 0.667. The van der Waals surface area contributed by atoms with Gasteiger partial charge in [-0.2, -0.15) is 0 Å². The normalized spacial score (nSPS) is 11.0. The van der Waals surface area contributed by atoms with E-state index in [1.807, 2.05) is 13.0 Å². The van der Waals surface area contributed by atoms with Crippen molar-refractivity contribution >= 4 is 0 Å². The van der Waals surface area contributed by atoms with E-state index < -0.39 is 0 Å². The number of pyridine rings is 1. The van der Waals surface area contributed by atoms with Gasteiger partial charge in [0.05, 0.1) is 6.61 Å². The van der Waals surface area contributed by atoms with Crippen LogP contribution >= 0.6 is 0 Å². The highest BCUT2D eigenvalue weighted by atomic mass is 16.5. The minimum atomic E-state index is 0.720. The second-order valence-electron chi connectivity index (χ2n) is 5.08. The van der Waals surface area contributed by atoms with Crippen molar-refractivity contribution in [2.75, 3.05) is 33.8 Å². The highest BCUT2D eigenvalue weighted by Crippen LogP contribution is 2.12. The average molecular weight is 265 g/mol. The zero-order valence-corrected chi connectivity index (χ0v) is 12.7. The Balaban J connectivity index is 2.38. The van der Waals surface area contributed by atoms with Crippen molar-refractivity contribution in [2.45, 2.75) is 33.2 Å². The predicted octanol–water partition coefficient (Wildman–Crippen LogP) is 2.22. The van der Waals surface area contributed by atoms with E-state index in [4.69, 9.17) is 4.74 Å². The molecule has 1 aromatic heterocycles. The zero-order valence-electron chi connectivity index (χ0n) is 12.7. The minimum Gasteiger partial charge on any atom is -0.478 e. The van der Waals surface area contributed by atoms with E-state index in [-0.39, 0.29) is 0 Å². The van der Waals surface area contributed by atoms with Gasteiger partial charge < -0.3 is 15.0 Å². The van der Waals surface area contributed by atoms with E-state index in [1.54, 1.807) is 0 Å². The van der Waals surface area contributed by atoms with Gasteiger partial charge in [0.2, 0.25) is 5.88 Å². The van der Waals surface area contributed by atoms with Crippen molar-refractivity contribution < 1.29 is 4.74 Å². The van der Waals surface area contributed by atoms with Gasteiger partial charge in [-0.15, -0.1) is 0 Å². The number of ether oxygens (including phenoxy) is 1. The molecule has 0 saturated heterocycles. The summed E-state index contributed by atoms with van der Waals surface area (Å²) in [4.78, 5) is 6.65. The molecule has 0 aliphatic rings. The first kappa shape index (κ1) is 15.9. The van der Waals surface area contributed by atoms with Crippen molar-refractivity contribution in [3.05, 3.63) is 23.4 Å². The number of nitrogens with one attached hydrogen (secondary N) is 1. The number of rotatable bonds is 9. The van der Waals surface area contributed by atoms with E-state index >= 15 is 0 Å². The number of hydrogen-bond donors (Lipinski definition) is 1. The van der Waals surface area contributed by atoms with Crippen LogP contribution in [0.3, 0.4) is 0 Å². The van der Waals surface area contributed by atoms with Crippen LogP contribution in [0, 0.1) is 6.92 Å². The van der Waals surface area contributed by atoms with Gasteiger partial charge >= 0.3 is 0 Å². The molecule has 0 aliphatic carbocycles. The standard InChI is InChI=1S/C15H27N3O/c1-5-9-16-12-14-7-8-15(17-13(14)2)19-11-6-10-18(3)4/h7-8,16H,5-6,9-12H2,1-4H3. The lowest BCUT2D eigenvalue weighted by atomic mass is 10.2. The molecular weight excluding hydrogens is 238 g/mol. The topological polar surface area (TPSA) is 37.4 Å². The maximum atomic E-state index is 5.66. The maximum absolute atomic E-state index is 5.66.